The van der Waals surface area contributed by atoms with Gasteiger partial charge in [0.05, 0.1) is 4.92 Å². The number of nitro benzene ring substituents is 1. The fourth-order valence-electron chi connectivity index (χ4n) is 0.763. The second-order valence-electron chi connectivity index (χ2n) is 1.95. The topological polar surface area (TPSA) is 64.5 Å². The van der Waals surface area contributed by atoms with Gasteiger partial charge in [-0.05, 0) is 6.07 Å². The normalized spacial score (nSPS) is 9.09. The number of rotatable bonds is 2. The summed E-state index contributed by atoms with van der Waals surface area (Å²) < 4.78 is 0. The van der Waals surface area contributed by atoms with Gasteiger partial charge < -0.3 is 0 Å². The molecule has 0 atom stereocenters. The van der Waals surface area contributed by atoms with Crippen LogP contribution in [-0.2, 0) is 0 Å². The summed E-state index contributed by atoms with van der Waals surface area (Å²) in [5.41, 5.74) is 0.132. The predicted molar refractivity (Wildman–Crippen MR) is 40.2 cm³/mol. The molecule has 0 aliphatic rings. The average molecular weight is 152 g/mol. The van der Waals surface area contributed by atoms with Crippen LogP contribution in [0.25, 0.3) is 0 Å². The Morgan fingerprint density at radius 1 is 1.45 bits per heavy atom. The van der Waals surface area contributed by atoms with Crippen molar-refractivity contribution in [2.45, 2.75) is 0 Å². The van der Waals surface area contributed by atoms with Crippen molar-refractivity contribution in [3.63, 3.8) is 0 Å². The highest BCUT2D eigenvalue weighted by molar-refractivity contribution is 5.81. The molecule has 1 rings (SSSR count). The second-order valence-corrected chi connectivity index (χ2v) is 1.95. The van der Waals surface area contributed by atoms with E-state index in [1.54, 1.807) is 12.1 Å². The molecule has 0 aliphatic heterocycles. The smallest absolute Gasteiger partial charge is 0.281 e. The zero-order valence-electron chi connectivity index (χ0n) is 5.60. The van der Waals surface area contributed by atoms with Gasteiger partial charge in [-0.1, -0.05) is 12.1 Å². The first-order chi connectivity index (χ1) is 5.25. The van der Waals surface area contributed by atoms with Crippen LogP contribution in [0.5, 0.6) is 0 Å². The van der Waals surface area contributed by atoms with E-state index in [2.05, 4.69) is 0 Å². The SMILES string of the molecule is O=[N+]([O-])c1ccccc1C=[OH+]. The van der Waals surface area contributed by atoms with Gasteiger partial charge in [-0.2, -0.15) is 0 Å². The molecule has 56 valence electrons. The monoisotopic (exact) mass is 152 g/mol. The minimum absolute atomic E-state index is 0.0880. The Morgan fingerprint density at radius 3 is 2.55 bits per heavy atom. The molecule has 0 heterocycles. The van der Waals surface area contributed by atoms with Crippen molar-refractivity contribution >= 4 is 12.0 Å². The molecule has 1 aromatic rings. The molecule has 1 N–H and O–H groups in total. The maximum Gasteiger partial charge on any atom is 0.319 e. The van der Waals surface area contributed by atoms with E-state index in [1.165, 1.54) is 12.1 Å². The van der Waals surface area contributed by atoms with E-state index in [1.807, 2.05) is 0 Å². The van der Waals surface area contributed by atoms with Crippen molar-refractivity contribution in [1.29, 1.82) is 0 Å². The Balaban J connectivity index is 3.22. The summed E-state index contributed by atoms with van der Waals surface area (Å²) in [6.07, 6.45) is 0.720. The van der Waals surface area contributed by atoms with E-state index in [-0.39, 0.29) is 11.3 Å². The first kappa shape index (κ1) is 7.40. The third kappa shape index (κ3) is 1.40. The van der Waals surface area contributed by atoms with Gasteiger partial charge in [-0.3, -0.25) is 14.9 Å². The quantitative estimate of drug-likeness (QED) is 0.276. The van der Waals surface area contributed by atoms with E-state index < -0.39 is 4.92 Å². The van der Waals surface area contributed by atoms with Crippen molar-refractivity contribution in [2.24, 2.45) is 0 Å². The maximum absolute atomic E-state index is 10.3. The van der Waals surface area contributed by atoms with Crippen molar-refractivity contribution < 1.29 is 9.72 Å². The molecule has 11 heavy (non-hydrogen) atoms. The molecule has 0 fully saturated rings. The first-order valence-electron chi connectivity index (χ1n) is 2.96. The van der Waals surface area contributed by atoms with Crippen molar-refractivity contribution in [3.05, 3.63) is 39.9 Å². The fourth-order valence-corrected chi connectivity index (χ4v) is 0.763. The largest absolute Gasteiger partial charge is 0.319 e. The van der Waals surface area contributed by atoms with Gasteiger partial charge in [-0.15, -0.1) is 0 Å². The lowest BCUT2D eigenvalue weighted by Crippen LogP contribution is -1.93. The zero-order valence-corrected chi connectivity index (χ0v) is 5.60. The van der Waals surface area contributed by atoms with E-state index in [9.17, 15) is 10.1 Å². The summed E-state index contributed by atoms with van der Waals surface area (Å²) in [7, 11) is 0. The van der Waals surface area contributed by atoms with Gasteiger partial charge in [0.15, 0.2) is 0 Å². The Bertz CT molecular complexity index is 295. The van der Waals surface area contributed by atoms with Gasteiger partial charge in [0.25, 0.3) is 5.69 Å². The van der Waals surface area contributed by atoms with Crippen LogP contribution in [0, 0.1) is 10.1 Å². The minimum Gasteiger partial charge on any atom is -0.281 e. The molecule has 0 aliphatic carbocycles. The van der Waals surface area contributed by atoms with E-state index in [0.29, 0.717) is 0 Å². The summed E-state index contributed by atoms with van der Waals surface area (Å²) in [6, 6.07) is 5.97. The lowest BCUT2D eigenvalue weighted by atomic mass is 10.2. The van der Waals surface area contributed by atoms with Crippen LogP contribution < -0.4 is 0 Å². The fraction of sp³-hybridized carbons (Fsp3) is 0. The van der Waals surface area contributed by atoms with Gasteiger partial charge in [0.1, 0.15) is 5.56 Å². The molecule has 0 saturated heterocycles. The lowest BCUT2D eigenvalue weighted by molar-refractivity contribution is -0.385. The molecule has 0 spiro atoms. The van der Waals surface area contributed by atoms with Crippen LogP contribution >= 0.6 is 0 Å². The number of hydrogen-bond acceptors (Lipinski definition) is 2. The zero-order chi connectivity index (χ0) is 8.27. The number of aldehydes is 1. The Hall–Kier alpha value is -1.71. The van der Waals surface area contributed by atoms with Crippen LogP contribution in [0.1, 0.15) is 5.56 Å². The molecule has 0 radical (unpaired) electrons. The Labute approximate surface area is 62.6 Å². The van der Waals surface area contributed by atoms with Gasteiger partial charge in [0.2, 0.25) is 0 Å². The molecule has 0 saturated carbocycles. The molecule has 1 aromatic carbocycles. The van der Waals surface area contributed by atoms with Crippen LogP contribution in [0.4, 0.5) is 5.69 Å². The molecular formula is C7H6NO3+. The predicted octanol–water partition coefficient (Wildman–Crippen LogP) is 1.12. The Kier molecular flexibility index (Phi) is 1.96. The number of hydrogen-bond donors (Lipinski definition) is 0. The Morgan fingerprint density at radius 2 is 2.09 bits per heavy atom. The molecule has 0 amide bonds. The number of para-hydroxylation sites is 1. The van der Waals surface area contributed by atoms with Crippen LogP contribution in [0.3, 0.4) is 0 Å². The molecular weight excluding hydrogens is 146 g/mol. The lowest BCUT2D eigenvalue weighted by Gasteiger charge is -1.89. The number of carbonyl (C=O) groups excluding carboxylic acids is 1. The summed E-state index contributed by atoms with van der Waals surface area (Å²) >= 11 is 0. The summed E-state index contributed by atoms with van der Waals surface area (Å²) in [4.78, 5) is 18.3. The number of benzene rings is 1. The summed E-state index contributed by atoms with van der Waals surface area (Å²) in [5.74, 6) is 0. The minimum atomic E-state index is -0.540. The second kappa shape index (κ2) is 2.92. The molecule has 0 unspecified atom stereocenters. The maximum atomic E-state index is 10.3. The van der Waals surface area contributed by atoms with E-state index in [0.717, 1.165) is 6.29 Å². The highest BCUT2D eigenvalue weighted by Gasteiger charge is 2.12. The first-order valence-corrected chi connectivity index (χ1v) is 2.96. The van der Waals surface area contributed by atoms with Gasteiger partial charge >= 0.3 is 6.29 Å². The third-order valence-electron chi connectivity index (χ3n) is 1.27. The summed E-state index contributed by atoms with van der Waals surface area (Å²) in [6.45, 7) is 0. The van der Waals surface area contributed by atoms with Crippen LogP contribution in [0.15, 0.2) is 24.3 Å². The van der Waals surface area contributed by atoms with Crippen molar-refractivity contribution in [2.75, 3.05) is 0 Å². The third-order valence-corrected chi connectivity index (χ3v) is 1.27. The van der Waals surface area contributed by atoms with Crippen molar-refractivity contribution in [3.8, 4) is 0 Å². The van der Waals surface area contributed by atoms with Gasteiger partial charge in [-0.25, -0.2) is 0 Å². The average Bonchev–Trinajstić information content (AvgIpc) is 2.04. The highest BCUT2D eigenvalue weighted by atomic mass is 16.6. The van der Waals surface area contributed by atoms with E-state index >= 15 is 0 Å². The molecule has 0 aromatic heterocycles. The number of nitrogens with zero attached hydrogens (tertiary/aromatic N) is 1. The highest BCUT2D eigenvalue weighted by Crippen LogP contribution is 2.14. The molecule has 4 heteroatoms. The number of nitro groups is 1. The molecule has 0 bridgehead atoms. The standard InChI is InChI=1S/C7H5NO3/c9-5-6-3-1-2-4-7(6)8(10)11/h1-5H/p+1. The summed E-state index contributed by atoms with van der Waals surface area (Å²) in [5, 5.41) is 10.3. The van der Waals surface area contributed by atoms with Crippen LogP contribution in [-0.4, -0.2) is 16.0 Å². The molecule has 4 nitrogen and oxygen atoms in total. The van der Waals surface area contributed by atoms with E-state index in [4.69, 9.17) is 4.79 Å². The van der Waals surface area contributed by atoms with Gasteiger partial charge in [0, 0.05) is 6.07 Å². The van der Waals surface area contributed by atoms with Crippen LogP contribution in [0.2, 0.25) is 0 Å². The van der Waals surface area contributed by atoms with Crippen molar-refractivity contribution in [1.82, 2.24) is 0 Å².